The molecule has 54 valence electrons. The van der Waals surface area contributed by atoms with E-state index in [2.05, 4.69) is 0 Å². The summed E-state index contributed by atoms with van der Waals surface area (Å²) in [6.45, 7) is 1.58. The Kier molecular flexibility index (Phi) is 3.05. The molecule has 0 aliphatic heterocycles. The number of aliphatic hydroxyl groups is 1. The van der Waals surface area contributed by atoms with E-state index >= 15 is 0 Å². The summed E-state index contributed by atoms with van der Waals surface area (Å²) in [5, 5.41) is 10.1. The Morgan fingerprint density at radius 3 is 2.33 bits per heavy atom. The maximum Gasteiger partial charge on any atom is 0.0919 e. The topological polar surface area (TPSA) is 75.5 Å². The molecule has 0 amide bonds. The molecule has 0 fully saturated rings. The monoisotopic (exact) mass is 131 g/mol. The van der Waals surface area contributed by atoms with Gasteiger partial charge >= 0.3 is 0 Å². The van der Waals surface area contributed by atoms with Gasteiger partial charge in [0.05, 0.1) is 11.8 Å². The molecular formula is C5H13N3O. The predicted octanol–water partition coefficient (Wildman–Crippen LogP) is -1.03. The Morgan fingerprint density at radius 1 is 1.78 bits per heavy atom. The first kappa shape index (κ1) is 8.26. The van der Waals surface area contributed by atoms with Crippen LogP contribution in [-0.4, -0.2) is 23.3 Å². The van der Waals surface area contributed by atoms with Gasteiger partial charge in [0.15, 0.2) is 0 Å². The minimum Gasteiger partial charge on any atom is -0.399 e. The molecule has 0 radical (unpaired) electrons. The van der Waals surface area contributed by atoms with E-state index in [1.54, 1.807) is 14.0 Å². The lowest BCUT2D eigenvalue weighted by molar-refractivity contribution is 0.226. The first-order valence-electron chi connectivity index (χ1n) is 2.67. The zero-order valence-electron chi connectivity index (χ0n) is 5.70. The van der Waals surface area contributed by atoms with Gasteiger partial charge in [-0.3, -0.25) is 0 Å². The number of nitrogens with zero attached hydrogens (tertiary/aromatic N) is 1. The Labute approximate surface area is 54.7 Å². The van der Waals surface area contributed by atoms with Crippen molar-refractivity contribution in [1.82, 2.24) is 5.01 Å². The van der Waals surface area contributed by atoms with Crippen molar-refractivity contribution in [3.8, 4) is 0 Å². The van der Waals surface area contributed by atoms with Crippen LogP contribution in [0.3, 0.4) is 0 Å². The smallest absolute Gasteiger partial charge is 0.0919 e. The van der Waals surface area contributed by atoms with Gasteiger partial charge in [0, 0.05) is 13.2 Å². The molecule has 0 rings (SSSR count). The second-order valence-electron chi connectivity index (χ2n) is 1.97. The van der Waals surface area contributed by atoms with E-state index in [0.29, 0.717) is 5.70 Å². The summed E-state index contributed by atoms with van der Waals surface area (Å²) in [5.41, 5.74) is 5.67. The summed E-state index contributed by atoms with van der Waals surface area (Å²) < 4.78 is 0. The van der Waals surface area contributed by atoms with Crippen LogP contribution in [0, 0.1) is 0 Å². The lowest BCUT2D eigenvalue weighted by Gasteiger charge is -2.08. The Balaban J connectivity index is 3.84. The van der Waals surface area contributed by atoms with E-state index in [1.165, 1.54) is 11.2 Å². The van der Waals surface area contributed by atoms with Gasteiger partial charge in [0.2, 0.25) is 0 Å². The molecule has 0 aromatic rings. The predicted molar refractivity (Wildman–Crippen MR) is 35.9 cm³/mol. The molecule has 4 heteroatoms. The van der Waals surface area contributed by atoms with Gasteiger partial charge in [-0.1, -0.05) is 0 Å². The fraction of sp³-hybridized carbons (Fsp3) is 0.600. The fourth-order valence-electron chi connectivity index (χ4n) is 0.343. The summed E-state index contributed by atoms with van der Waals surface area (Å²) in [7, 11) is 1.63. The molecule has 0 heterocycles. The minimum atomic E-state index is -0.629. The van der Waals surface area contributed by atoms with Gasteiger partial charge in [-0.15, -0.1) is 0 Å². The number of hydrazine groups is 1. The van der Waals surface area contributed by atoms with E-state index in [4.69, 9.17) is 16.7 Å². The van der Waals surface area contributed by atoms with Gasteiger partial charge in [-0.05, 0) is 6.92 Å². The highest BCUT2D eigenvalue weighted by Gasteiger charge is 1.97. The minimum absolute atomic E-state index is 0.361. The first-order valence-corrected chi connectivity index (χ1v) is 2.67. The maximum atomic E-state index is 8.79. The van der Waals surface area contributed by atoms with Crippen LogP contribution < -0.4 is 11.6 Å². The highest BCUT2D eigenvalue weighted by Crippen LogP contribution is 1.91. The molecule has 4 nitrogen and oxygen atoms in total. The summed E-state index contributed by atoms with van der Waals surface area (Å²) in [5.74, 6) is 5.20. The van der Waals surface area contributed by atoms with Gasteiger partial charge in [-0.2, -0.15) is 0 Å². The molecule has 0 bridgehead atoms. The Hall–Kier alpha value is -0.740. The SMILES string of the molecule is C[C@H](O)/C(N)=C/N(C)N. The highest BCUT2D eigenvalue weighted by atomic mass is 16.3. The maximum absolute atomic E-state index is 8.79. The van der Waals surface area contributed by atoms with Crippen LogP contribution in [0.4, 0.5) is 0 Å². The second-order valence-corrected chi connectivity index (χ2v) is 1.97. The Morgan fingerprint density at radius 2 is 2.22 bits per heavy atom. The third-order valence-corrected chi connectivity index (χ3v) is 0.835. The van der Waals surface area contributed by atoms with E-state index < -0.39 is 6.10 Å². The van der Waals surface area contributed by atoms with Crippen LogP contribution in [0.15, 0.2) is 11.9 Å². The number of rotatable bonds is 2. The standard InChI is InChI=1S/C5H13N3O/c1-4(9)5(6)3-8(2)7/h3-4,9H,6-7H2,1-2H3/b5-3-/t4-/m0/s1. The summed E-state index contributed by atoms with van der Waals surface area (Å²) in [4.78, 5) is 0. The van der Waals surface area contributed by atoms with Gasteiger partial charge < -0.3 is 15.8 Å². The normalized spacial score (nSPS) is 15.3. The summed E-state index contributed by atoms with van der Waals surface area (Å²) in [6.07, 6.45) is 0.834. The summed E-state index contributed by atoms with van der Waals surface area (Å²) >= 11 is 0. The molecule has 0 saturated heterocycles. The lowest BCUT2D eigenvalue weighted by Crippen LogP contribution is -2.24. The van der Waals surface area contributed by atoms with Gasteiger partial charge in [0.1, 0.15) is 0 Å². The van der Waals surface area contributed by atoms with Gasteiger partial charge in [0.25, 0.3) is 0 Å². The second kappa shape index (κ2) is 3.32. The zero-order chi connectivity index (χ0) is 7.44. The van der Waals surface area contributed by atoms with Crippen LogP contribution >= 0.6 is 0 Å². The fourth-order valence-corrected chi connectivity index (χ4v) is 0.343. The molecule has 0 aromatic heterocycles. The average molecular weight is 131 g/mol. The van der Waals surface area contributed by atoms with E-state index in [-0.39, 0.29) is 0 Å². The third kappa shape index (κ3) is 3.81. The molecule has 9 heavy (non-hydrogen) atoms. The molecule has 0 aliphatic carbocycles. The Bertz CT molecular complexity index is 109. The number of hydrogen-bond donors (Lipinski definition) is 3. The molecule has 0 saturated carbocycles. The highest BCUT2D eigenvalue weighted by molar-refractivity contribution is 4.99. The third-order valence-electron chi connectivity index (χ3n) is 0.835. The van der Waals surface area contributed by atoms with Crippen molar-refractivity contribution < 1.29 is 5.11 Å². The van der Waals surface area contributed by atoms with Crippen molar-refractivity contribution in [2.24, 2.45) is 11.6 Å². The molecule has 1 atom stereocenters. The lowest BCUT2D eigenvalue weighted by atomic mass is 10.3. The van der Waals surface area contributed by atoms with Crippen molar-refractivity contribution in [2.75, 3.05) is 7.05 Å². The van der Waals surface area contributed by atoms with Crippen molar-refractivity contribution in [3.63, 3.8) is 0 Å². The molecule has 0 spiro atoms. The molecule has 0 aliphatic rings. The van der Waals surface area contributed by atoms with Gasteiger partial charge in [-0.25, -0.2) is 5.84 Å². The van der Waals surface area contributed by atoms with E-state index in [0.717, 1.165) is 0 Å². The number of nitrogens with two attached hydrogens (primary N) is 2. The molecular weight excluding hydrogens is 118 g/mol. The van der Waals surface area contributed by atoms with Crippen LogP contribution in [0.1, 0.15) is 6.92 Å². The van der Waals surface area contributed by atoms with Crippen molar-refractivity contribution in [1.29, 1.82) is 0 Å². The quantitative estimate of drug-likeness (QED) is 0.331. The first-order chi connectivity index (χ1) is 4.04. The van der Waals surface area contributed by atoms with Crippen LogP contribution in [0.25, 0.3) is 0 Å². The zero-order valence-corrected chi connectivity index (χ0v) is 5.70. The van der Waals surface area contributed by atoms with Crippen molar-refractivity contribution in [3.05, 3.63) is 11.9 Å². The van der Waals surface area contributed by atoms with E-state index in [9.17, 15) is 0 Å². The van der Waals surface area contributed by atoms with E-state index in [1.807, 2.05) is 0 Å². The van der Waals surface area contributed by atoms with Crippen LogP contribution in [-0.2, 0) is 0 Å². The molecule has 5 N–H and O–H groups in total. The molecule has 0 unspecified atom stereocenters. The number of hydrogen-bond acceptors (Lipinski definition) is 4. The summed E-state index contributed by atoms with van der Waals surface area (Å²) in [6, 6.07) is 0. The number of aliphatic hydroxyl groups excluding tert-OH is 1. The van der Waals surface area contributed by atoms with Crippen LogP contribution in [0.2, 0.25) is 0 Å². The largest absolute Gasteiger partial charge is 0.399 e. The van der Waals surface area contributed by atoms with Crippen molar-refractivity contribution in [2.45, 2.75) is 13.0 Å². The van der Waals surface area contributed by atoms with Crippen LogP contribution in [0.5, 0.6) is 0 Å². The average Bonchev–Trinajstić information content (AvgIpc) is 1.63. The van der Waals surface area contributed by atoms with Crippen molar-refractivity contribution >= 4 is 0 Å². The molecule has 0 aromatic carbocycles.